The number of rotatable bonds is 6. The molecule has 0 aromatic carbocycles. The fourth-order valence-corrected chi connectivity index (χ4v) is 2.40. The van der Waals surface area contributed by atoms with Gasteiger partial charge in [-0.25, -0.2) is 0 Å². The highest BCUT2D eigenvalue weighted by molar-refractivity contribution is 5.75. The summed E-state index contributed by atoms with van der Waals surface area (Å²) < 4.78 is 5.10. The average Bonchev–Trinajstić information content (AvgIpc) is 2.73. The summed E-state index contributed by atoms with van der Waals surface area (Å²) >= 11 is 0. The van der Waals surface area contributed by atoms with Crippen molar-refractivity contribution in [3.8, 4) is 0 Å². The SMILES string of the molecule is CCCC(C(=O)OCC)N1CCC[C@H]1CO. The zero-order valence-electron chi connectivity index (χ0n) is 10.3. The molecule has 0 amide bonds. The summed E-state index contributed by atoms with van der Waals surface area (Å²) in [4.78, 5) is 13.9. The molecule has 1 saturated heterocycles. The molecule has 1 fully saturated rings. The Morgan fingerprint density at radius 2 is 2.31 bits per heavy atom. The van der Waals surface area contributed by atoms with Gasteiger partial charge in [0.15, 0.2) is 0 Å². The minimum Gasteiger partial charge on any atom is -0.465 e. The second-order valence-corrected chi connectivity index (χ2v) is 4.27. The fraction of sp³-hybridized carbons (Fsp3) is 0.917. The number of hydrogen-bond donors (Lipinski definition) is 1. The van der Waals surface area contributed by atoms with E-state index in [2.05, 4.69) is 11.8 Å². The van der Waals surface area contributed by atoms with E-state index in [4.69, 9.17) is 4.74 Å². The van der Waals surface area contributed by atoms with Gasteiger partial charge in [-0.05, 0) is 32.7 Å². The van der Waals surface area contributed by atoms with E-state index in [0.717, 1.165) is 32.2 Å². The van der Waals surface area contributed by atoms with Crippen molar-refractivity contribution in [1.29, 1.82) is 0 Å². The Kier molecular flexibility index (Phi) is 5.77. The van der Waals surface area contributed by atoms with Crippen molar-refractivity contribution >= 4 is 5.97 Å². The lowest BCUT2D eigenvalue weighted by Crippen LogP contribution is -2.46. The second kappa shape index (κ2) is 6.86. The van der Waals surface area contributed by atoms with Crippen molar-refractivity contribution in [1.82, 2.24) is 4.90 Å². The first-order valence-corrected chi connectivity index (χ1v) is 6.27. The highest BCUT2D eigenvalue weighted by atomic mass is 16.5. The van der Waals surface area contributed by atoms with Gasteiger partial charge in [-0.1, -0.05) is 13.3 Å². The predicted molar refractivity (Wildman–Crippen MR) is 62.1 cm³/mol. The molecular formula is C12H23NO3. The molecule has 1 aliphatic rings. The molecule has 1 heterocycles. The van der Waals surface area contributed by atoms with Gasteiger partial charge in [-0.2, -0.15) is 0 Å². The van der Waals surface area contributed by atoms with Crippen molar-refractivity contribution in [2.24, 2.45) is 0 Å². The van der Waals surface area contributed by atoms with Crippen LogP contribution in [0.3, 0.4) is 0 Å². The number of hydrogen-bond acceptors (Lipinski definition) is 4. The molecule has 1 N–H and O–H groups in total. The highest BCUT2D eigenvalue weighted by Gasteiger charge is 2.34. The standard InChI is InChI=1S/C12H23NO3/c1-3-6-11(12(15)16-4-2)13-8-5-7-10(13)9-14/h10-11,14H,3-9H2,1-2H3/t10-,11?/m0/s1. The number of nitrogens with zero attached hydrogens (tertiary/aromatic N) is 1. The van der Waals surface area contributed by atoms with E-state index in [1.165, 1.54) is 0 Å². The number of aliphatic hydroxyl groups is 1. The van der Waals surface area contributed by atoms with Crippen molar-refractivity contribution in [2.75, 3.05) is 19.8 Å². The molecule has 2 atom stereocenters. The number of aliphatic hydroxyl groups excluding tert-OH is 1. The maximum atomic E-state index is 11.8. The normalized spacial score (nSPS) is 23.3. The summed E-state index contributed by atoms with van der Waals surface area (Å²) in [5.41, 5.74) is 0. The molecule has 0 saturated carbocycles. The van der Waals surface area contributed by atoms with Crippen LogP contribution in [0.5, 0.6) is 0 Å². The lowest BCUT2D eigenvalue weighted by atomic mass is 10.1. The Balaban J connectivity index is 2.64. The zero-order chi connectivity index (χ0) is 12.0. The summed E-state index contributed by atoms with van der Waals surface area (Å²) in [6, 6.07) is -0.0226. The molecule has 0 spiro atoms. The van der Waals surface area contributed by atoms with Crippen LogP contribution < -0.4 is 0 Å². The van der Waals surface area contributed by atoms with Crippen LogP contribution in [0.1, 0.15) is 39.5 Å². The van der Waals surface area contributed by atoms with Gasteiger partial charge in [-0.15, -0.1) is 0 Å². The van der Waals surface area contributed by atoms with Crippen molar-refractivity contribution in [3.63, 3.8) is 0 Å². The molecule has 0 aromatic rings. The van der Waals surface area contributed by atoms with E-state index < -0.39 is 0 Å². The first-order chi connectivity index (χ1) is 7.74. The third-order valence-electron chi connectivity index (χ3n) is 3.15. The summed E-state index contributed by atoms with van der Waals surface area (Å²) in [6.45, 7) is 5.36. The third kappa shape index (κ3) is 3.19. The van der Waals surface area contributed by atoms with Gasteiger partial charge >= 0.3 is 5.97 Å². The second-order valence-electron chi connectivity index (χ2n) is 4.27. The molecule has 1 rings (SSSR count). The van der Waals surface area contributed by atoms with Crippen LogP contribution in [-0.2, 0) is 9.53 Å². The number of carbonyl (C=O) groups is 1. The Labute approximate surface area is 97.6 Å². The van der Waals surface area contributed by atoms with Crippen molar-refractivity contribution in [3.05, 3.63) is 0 Å². The van der Waals surface area contributed by atoms with E-state index in [0.29, 0.717) is 6.61 Å². The first kappa shape index (κ1) is 13.5. The summed E-state index contributed by atoms with van der Waals surface area (Å²) in [5, 5.41) is 9.27. The molecule has 0 aromatic heterocycles. The lowest BCUT2D eigenvalue weighted by molar-refractivity contribution is -0.150. The number of ether oxygens (including phenoxy) is 1. The van der Waals surface area contributed by atoms with Gasteiger partial charge in [0.1, 0.15) is 6.04 Å². The Hall–Kier alpha value is -0.610. The molecule has 1 aliphatic heterocycles. The summed E-state index contributed by atoms with van der Waals surface area (Å²) in [7, 11) is 0. The quantitative estimate of drug-likeness (QED) is 0.695. The van der Waals surface area contributed by atoms with Crippen molar-refractivity contribution in [2.45, 2.75) is 51.6 Å². The van der Waals surface area contributed by atoms with E-state index in [9.17, 15) is 9.90 Å². The number of likely N-dealkylation sites (tertiary alicyclic amines) is 1. The monoisotopic (exact) mass is 229 g/mol. The van der Waals surface area contributed by atoms with Gasteiger partial charge in [0, 0.05) is 6.04 Å². The van der Waals surface area contributed by atoms with Crippen LogP contribution in [-0.4, -0.2) is 47.8 Å². The third-order valence-corrected chi connectivity index (χ3v) is 3.15. The van der Waals surface area contributed by atoms with Crippen LogP contribution >= 0.6 is 0 Å². The molecule has 94 valence electrons. The van der Waals surface area contributed by atoms with Crippen LogP contribution in [0.15, 0.2) is 0 Å². The van der Waals surface area contributed by atoms with E-state index in [1.54, 1.807) is 0 Å². The van der Waals surface area contributed by atoms with Gasteiger partial charge in [0.2, 0.25) is 0 Å². The molecule has 1 unspecified atom stereocenters. The minimum atomic E-state index is -0.162. The maximum absolute atomic E-state index is 11.8. The number of carbonyl (C=O) groups excluding carboxylic acids is 1. The zero-order valence-corrected chi connectivity index (χ0v) is 10.3. The van der Waals surface area contributed by atoms with Crippen molar-refractivity contribution < 1.29 is 14.6 Å². The first-order valence-electron chi connectivity index (χ1n) is 6.27. The highest BCUT2D eigenvalue weighted by Crippen LogP contribution is 2.22. The Morgan fingerprint density at radius 1 is 1.56 bits per heavy atom. The maximum Gasteiger partial charge on any atom is 0.323 e. The van der Waals surface area contributed by atoms with E-state index >= 15 is 0 Å². The van der Waals surface area contributed by atoms with Gasteiger partial charge < -0.3 is 9.84 Å². The minimum absolute atomic E-state index is 0.135. The average molecular weight is 229 g/mol. The van der Waals surface area contributed by atoms with E-state index in [-0.39, 0.29) is 24.7 Å². The Morgan fingerprint density at radius 3 is 2.88 bits per heavy atom. The summed E-state index contributed by atoms with van der Waals surface area (Å²) in [6.07, 6.45) is 3.81. The van der Waals surface area contributed by atoms with Crippen LogP contribution in [0.2, 0.25) is 0 Å². The largest absolute Gasteiger partial charge is 0.465 e. The molecule has 0 radical (unpaired) electrons. The fourth-order valence-electron chi connectivity index (χ4n) is 2.40. The molecule has 0 aliphatic carbocycles. The van der Waals surface area contributed by atoms with E-state index in [1.807, 2.05) is 6.92 Å². The van der Waals surface area contributed by atoms with Crippen LogP contribution in [0.4, 0.5) is 0 Å². The van der Waals surface area contributed by atoms with Crippen LogP contribution in [0, 0.1) is 0 Å². The molecule has 0 bridgehead atoms. The van der Waals surface area contributed by atoms with Gasteiger partial charge in [-0.3, -0.25) is 9.69 Å². The smallest absolute Gasteiger partial charge is 0.323 e. The molecular weight excluding hydrogens is 206 g/mol. The van der Waals surface area contributed by atoms with Gasteiger partial charge in [0.25, 0.3) is 0 Å². The molecule has 16 heavy (non-hydrogen) atoms. The predicted octanol–water partition coefficient (Wildman–Crippen LogP) is 1.17. The molecule has 4 heteroatoms. The Bertz CT molecular complexity index is 220. The van der Waals surface area contributed by atoms with Gasteiger partial charge in [0.05, 0.1) is 13.2 Å². The topological polar surface area (TPSA) is 49.8 Å². The van der Waals surface area contributed by atoms with Crippen LogP contribution in [0.25, 0.3) is 0 Å². The lowest BCUT2D eigenvalue weighted by Gasteiger charge is -2.30. The molecule has 4 nitrogen and oxygen atoms in total. The summed E-state index contributed by atoms with van der Waals surface area (Å²) in [5.74, 6) is -0.135. The number of esters is 1.